The van der Waals surface area contributed by atoms with Crippen LogP contribution in [0.25, 0.3) is 0 Å². The molecular formula is C12H16N2O2. The monoisotopic (exact) mass is 220 g/mol. The van der Waals surface area contributed by atoms with Crippen molar-refractivity contribution in [1.29, 1.82) is 0 Å². The lowest BCUT2D eigenvalue weighted by molar-refractivity contribution is -0.127. The molecule has 4 heteroatoms. The van der Waals surface area contributed by atoms with Gasteiger partial charge in [-0.05, 0) is 12.0 Å². The first kappa shape index (κ1) is 12.2. The van der Waals surface area contributed by atoms with Crippen LogP contribution in [-0.2, 0) is 9.59 Å². The van der Waals surface area contributed by atoms with Crippen LogP contribution in [0.2, 0.25) is 0 Å². The molecule has 1 rings (SSSR count). The molecular weight excluding hydrogens is 204 g/mol. The van der Waals surface area contributed by atoms with Gasteiger partial charge >= 0.3 is 0 Å². The van der Waals surface area contributed by atoms with Crippen LogP contribution in [0.3, 0.4) is 0 Å². The van der Waals surface area contributed by atoms with E-state index in [2.05, 4.69) is 5.32 Å². The summed E-state index contributed by atoms with van der Waals surface area (Å²) in [6.45, 7) is 1.90. The number of primary amides is 1. The Kier molecular flexibility index (Phi) is 4.51. The minimum absolute atomic E-state index is 0.157. The summed E-state index contributed by atoms with van der Waals surface area (Å²) < 4.78 is 0. The molecule has 16 heavy (non-hydrogen) atoms. The Morgan fingerprint density at radius 3 is 2.44 bits per heavy atom. The van der Waals surface area contributed by atoms with Crippen molar-refractivity contribution >= 4 is 11.8 Å². The average molecular weight is 220 g/mol. The Labute approximate surface area is 94.8 Å². The zero-order valence-corrected chi connectivity index (χ0v) is 9.27. The van der Waals surface area contributed by atoms with Crippen LogP contribution in [0.4, 0.5) is 0 Å². The van der Waals surface area contributed by atoms with Crippen molar-refractivity contribution in [3.63, 3.8) is 0 Å². The minimum atomic E-state index is -0.736. The Balaban J connectivity index is 2.77. The number of hydrogen-bond acceptors (Lipinski definition) is 2. The fraction of sp³-hybridized carbons (Fsp3) is 0.333. The van der Waals surface area contributed by atoms with Gasteiger partial charge in [-0.2, -0.15) is 0 Å². The predicted molar refractivity (Wildman–Crippen MR) is 61.4 cm³/mol. The first-order valence-electron chi connectivity index (χ1n) is 5.28. The predicted octanol–water partition coefficient (Wildman–Crippen LogP) is 1.13. The molecule has 0 spiro atoms. The number of nitrogens with one attached hydrogen (secondary N) is 1. The lowest BCUT2D eigenvalue weighted by Gasteiger charge is -2.15. The van der Waals surface area contributed by atoms with Gasteiger partial charge in [-0.3, -0.25) is 9.59 Å². The fourth-order valence-electron chi connectivity index (χ4n) is 1.42. The molecule has 2 amide bonds. The van der Waals surface area contributed by atoms with E-state index in [1.807, 2.05) is 13.0 Å². The summed E-state index contributed by atoms with van der Waals surface area (Å²) in [5.41, 5.74) is 5.97. The normalized spacial score (nSPS) is 11.8. The van der Waals surface area contributed by atoms with E-state index >= 15 is 0 Å². The van der Waals surface area contributed by atoms with Crippen molar-refractivity contribution < 1.29 is 9.59 Å². The van der Waals surface area contributed by atoms with Crippen LogP contribution in [0, 0.1) is 0 Å². The third kappa shape index (κ3) is 3.38. The highest BCUT2D eigenvalue weighted by Gasteiger charge is 2.19. The van der Waals surface area contributed by atoms with Crippen LogP contribution in [0.1, 0.15) is 31.4 Å². The van der Waals surface area contributed by atoms with E-state index in [1.165, 1.54) is 0 Å². The third-order valence-electron chi connectivity index (χ3n) is 2.20. The maximum absolute atomic E-state index is 11.4. The van der Waals surface area contributed by atoms with Gasteiger partial charge in [0.25, 0.3) is 0 Å². The van der Waals surface area contributed by atoms with Crippen molar-refractivity contribution in [3.8, 4) is 0 Å². The van der Waals surface area contributed by atoms with Gasteiger partial charge in [0.2, 0.25) is 11.8 Å². The molecule has 0 aliphatic heterocycles. The Morgan fingerprint density at radius 2 is 1.94 bits per heavy atom. The molecule has 4 nitrogen and oxygen atoms in total. The van der Waals surface area contributed by atoms with E-state index in [0.717, 1.165) is 6.42 Å². The molecule has 0 aliphatic carbocycles. The second-order valence-electron chi connectivity index (χ2n) is 3.56. The van der Waals surface area contributed by atoms with Crippen molar-refractivity contribution in [2.75, 3.05) is 0 Å². The maximum Gasteiger partial charge on any atom is 0.244 e. The second-order valence-corrected chi connectivity index (χ2v) is 3.56. The van der Waals surface area contributed by atoms with E-state index in [-0.39, 0.29) is 5.91 Å². The van der Waals surface area contributed by atoms with E-state index in [9.17, 15) is 9.59 Å². The minimum Gasteiger partial charge on any atom is -0.368 e. The van der Waals surface area contributed by atoms with Gasteiger partial charge in [0.1, 0.15) is 6.04 Å². The molecule has 0 saturated heterocycles. The molecule has 0 aliphatic rings. The molecule has 3 N–H and O–H groups in total. The molecule has 0 radical (unpaired) electrons. The molecule has 0 saturated carbocycles. The first-order valence-corrected chi connectivity index (χ1v) is 5.28. The van der Waals surface area contributed by atoms with Gasteiger partial charge in [0, 0.05) is 6.42 Å². The number of amides is 2. The Hall–Kier alpha value is -1.84. The first-order chi connectivity index (χ1) is 7.65. The van der Waals surface area contributed by atoms with Crippen LogP contribution >= 0.6 is 0 Å². The number of nitrogens with two attached hydrogens (primary N) is 1. The highest BCUT2D eigenvalue weighted by atomic mass is 16.2. The number of hydrogen-bond donors (Lipinski definition) is 2. The van der Waals surface area contributed by atoms with Crippen molar-refractivity contribution in [3.05, 3.63) is 35.9 Å². The largest absolute Gasteiger partial charge is 0.368 e. The van der Waals surface area contributed by atoms with Crippen LogP contribution in [-0.4, -0.2) is 11.8 Å². The zero-order valence-electron chi connectivity index (χ0n) is 9.27. The number of benzene rings is 1. The van der Waals surface area contributed by atoms with Crippen molar-refractivity contribution in [2.24, 2.45) is 5.73 Å². The van der Waals surface area contributed by atoms with E-state index < -0.39 is 11.9 Å². The standard InChI is InChI=1S/C12H16N2O2/c1-2-6-10(15)14-11(12(13)16)9-7-4-3-5-8-9/h3-5,7-8,11H,2,6H2,1H3,(H2,13,16)(H,14,15). The Bertz CT molecular complexity index is 363. The number of carbonyl (C=O) groups is 2. The van der Waals surface area contributed by atoms with Crippen molar-refractivity contribution in [1.82, 2.24) is 5.32 Å². The summed E-state index contributed by atoms with van der Waals surface area (Å²) in [5.74, 6) is -0.703. The third-order valence-corrected chi connectivity index (χ3v) is 2.20. The molecule has 0 fully saturated rings. The summed E-state index contributed by atoms with van der Waals surface area (Å²) in [5, 5.41) is 2.62. The summed E-state index contributed by atoms with van der Waals surface area (Å²) >= 11 is 0. The molecule has 1 aromatic carbocycles. The van der Waals surface area contributed by atoms with Gasteiger partial charge in [-0.15, -0.1) is 0 Å². The van der Waals surface area contributed by atoms with E-state index in [1.54, 1.807) is 24.3 Å². The summed E-state index contributed by atoms with van der Waals surface area (Å²) in [6.07, 6.45) is 1.14. The van der Waals surface area contributed by atoms with Gasteiger partial charge in [-0.25, -0.2) is 0 Å². The van der Waals surface area contributed by atoms with Crippen LogP contribution < -0.4 is 11.1 Å². The SMILES string of the molecule is CCCC(=O)NC(C(N)=O)c1ccccc1. The summed E-state index contributed by atoms with van der Waals surface area (Å²) in [6, 6.07) is 8.24. The van der Waals surface area contributed by atoms with Gasteiger partial charge < -0.3 is 11.1 Å². The van der Waals surface area contributed by atoms with Gasteiger partial charge in [0.15, 0.2) is 0 Å². The summed E-state index contributed by atoms with van der Waals surface area (Å²) in [4.78, 5) is 22.7. The fourth-order valence-corrected chi connectivity index (χ4v) is 1.42. The molecule has 1 aromatic rings. The maximum atomic E-state index is 11.4. The number of carbonyl (C=O) groups excluding carboxylic acids is 2. The second kappa shape index (κ2) is 5.90. The highest BCUT2D eigenvalue weighted by molar-refractivity contribution is 5.87. The molecule has 86 valence electrons. The number of rotatable bonds is 5. The van der Waals surface area contributed by atoms with Gasteiger partial charge in [-0.1, -0.05) is 37.3 Å². The molecule has 1 atom stereocenters. The van der Waals surface area contributed by atoms with Crippen molar-refractivity contribution in [2.45, 2.75) is 25.8 Å². The Morgan fingerprint density at radius 1 is 1.31 bits per heavy atom. The lowest BCUT2D eigenvalue weighted by Crippen LogP contribution is -2.37. The molecule has 0 bridgehead atoms. The van der Waals surface area contributed by atoms with Crippen LogP contribution in [0.15, 0.2) is 30.3 Å². The highest BCUT2D eigenvalue weighted by Crippen LogP contribution is 2.12. The molecule has 0 heterocycles. The average Bonchev–Trinajstić information content (AvgIpc) is 2.27. The van der Waals surface area contributed by atoms with Gasteiger partial charge in [0.05, 0.1) is 0 Å². The van der Waals surface area contributed by atoms with E-state index in [4.69, 9.17) is 5.73 Å². The summed E-state index contributed by atoms with van der Waals surface area (Å²) in [7, 11) is 0. The molecule has 0 aromatic heterocycles. The zero-order chi connectivity index (χ0) is 12.0. The molecule has 1 unspecified atom stereocenters. The topological polar surface area (TPSA) is 72.2 Å². The van der Waals surface area contributed by atoms with E-state index in [0.29, 0.717) is 12.0 Å². The smallest absolute Gasteiger partial charge is 0.244 e. The van der Waals surface area contributed by atoms with Crippen LogP contribution in [0.5, 0.6) is 0 Å². The lowest BCUT2D eigenvalue weighted by atomic mass is 10.1. The quantitative estimate of drug-likeness (QED) is 0.780.